The minimum Gasteiger partial charge on any atom is -0.457 e. The summed E-state index contributed by atoms with van der Waals surface area (Å²) in [5, 5.41) is 0.598. The number of rotatable bonds is 4. The van der Waals surface area contributed by atoms with Gasteiger partial charge in [-0.25, -0.2) is 15.0 Å². The lowest BCUT2D eigenvalue weighted by molar-refractivity contribution is 0.675. The van der Waals surface area contributed by atoms with Crippen LogP contribution in [0, 0.1) is 0 Å². The van der Waals surface area contributed by atoms with Gasteiger partial charge in [0.15, 0.2) is 17.5 Å². The number of benzene rings is 6. The zero-order valence-corrected chi connectivity index (χ0v) is 33.5. The van der Waals surface area contributed by atoms with Crippen molar-refractivity contribution in [2.24, 2.45) is 0 Å². The van der Waals surface area contributed by atoms with Crippen molar-refractivity contribution in [3.8, 4) is 45.3 Å². The summed E-state index contributed by atoms with van der Waals surface area (Å²) >= 11 is 0. The van der Waals surface area contributed by atoms with Crippen LogP contribution >= 0.6 is 0 Å². The SMILES string of the molecule is [B]c1c([B])c([B])c(-c2nc(-c3c([B])c([B])c([B])c([B])c3[B])nc(-c3c([B])c([B])c(-c4c([B])c([B])c([B])c5oc6c([B])c7c([B])c([B])c([B])c([B])c7c([B])c6c45)c([B])c3[B])n2)c([B])c1[B]. The van der Waals surface area contributed by atoms with E-state index < -0.39 is 0 Å². The average molecular weight is 751 g/mol. The van der Waals surface area contributed by atoms with E-state index in [-0.39, 0.29) is 204 Å². The molecular weight excluding hydrogens is 751 g/mol. The molecule has 0 saturated heterocycles. The molecule has 0 fully saturated rings. The fourth-order valence-electron chi connectivity index (χ4n) is 7.96. The van der Waals surface area contributed by atoms with Crippen molar-refractivity contribution in [3.05, 3.63) is 0 Å². The molecule has 8 rings (SSSR count). The highest BCUT2D eigenvalue weighted by atomic mass is 16.3. The second-order valence-electron chi connectivity index (χ2n) is 15.0. The Bertz CT molecular complexity index is 3320. The summed E-state index contributed by atoms with van der Waals surface area (Å²) in [5.74, 6) is -0.811. The molecule has 0 atom stereocenters. The zero-order chi connectivity index (χ0) is 47.2. The minimum absolute atomic E-state index is 0.00171. The average Bonchev–Trinajstić information content (AvgIpc) is 3.67. The minimum atomic E-state index is -0.294. The lowest BCUT2D eigenvalue weighted by Gasteiger charge is -2.26. The van der Waals surface area contributed by atoms with Crippen molar-refractivity contribution in [1.82, 2.24) is 15.0 Å². The Morgan fingerprint density at radius 2 is 0.438 bits per heavy atom. The third-order valence-electron chi connectivity index (χ3n) is 11.6. The molecule has 238 valence electrons. The first-order chi connectivity index (χ1) is 29.9. The second-order valence-corrected chi connectivity index (χ2v) is 15.0. The van der Waals surface area contributed by atoms with Gasteiger partial charge in [0, 0.05) is 27.5 Å². The highest BCUT2D eigenvalue weighted by Crippen LogP contribution is 2.33. The van der Waals surface area contributed by atoms with E-state index in [0.29, 0.717) is 0 Å². The summed E-state index contributed by atoms with van der Waals surface area (Å²) in [6.45, 7) is 0. The van der Waals surface area contributed by atoms with Crippen LogP contribution in [0.2, 0.25) is 0 Å². The third kappa shape index (κ3) is 6.34. The highest BCUT2D eigenvalue weighted by molar-refractivity contribution is 6.74. The van der Waals surface area contributed by atoms with Gasteiger partial charge in [-0.2, -0.15) is 0 Å². The lowest BCUT2D eigenvalue weighted by Crippen LogP contribution is -2.55. The maximum atomic E-state index is 6.94. The maximum absolute atomic E-state index is 6.94. The Hall–Kier alpha value is -4.12. The van der Waals surface area contributed by atoms with Gasteiger partial charge in [0.2, 0.25) is 0 Å². The van der Waals surface area contributed by atoms with E-state index in [0.717, 1.165) is 0 Å². The maximum Gasteiger partial charge on any atom is 0.162 e. The molecule has 4 nitrogen and oxygen atoms in total. The zero-order valence-electron chi connectivity index (χ0n) is 33.5. The predicted molar refractivity (Wildman–Crippen MR) is 290 cm³/mol. The molecular formula is C37B23N3O. The second kappa shape index (κ2) is 16.0. The Labute approximate surface area is 401 Å². The molecule has 8 aromatic rings. The summed E-state index contributed by atoms with van der Waals surface area (Å²) in [4.78, 5) is 13.9. The van der Waals surface area contributed by atoms with Gasteiger partial charge >= 0.3 is 0 Å². The molecule has 0 aliphatic rings. The molecule has 0 unspecified atom stereocenters. The van der Waals surface area contributed by atoms with E-state index in [1.807, 2.05) is 0 Å². The summed E-state index contributed by atoms with van der Waals surface area (Å²) in [5.41, 5.74) is -3.16. The first kappa shape index (κ1) is 46.4. The van der Waals surface area contributed by atoms with Crippen LogP contribution in [-0.2, 0) is 0 Å². The van der Waals surface area contributed by atoms with Crippen molar-refractivity contribution in [2.75, 3.05) is 0 Å². The first-order valence-corrected chi connectivity index (χ1v) is 18.4. The van der Waals surface area contributed by atoms with Crippen LogP contribution in [-0.4, -0.2) is 195 Å². The van der Waals surface area contributed by atoms with E-state index in [1.165, 1.54) is 0 Å². The molecule has 27 heteroatoms. The van der Waals surface area contributed by atoms with Gasteiger partial charge in [-0.1, -0.05) is 71.0 Å². The normalized spacial score (nSPS) is 11.6. The van der Waals surface area contributed by atoms with Gasteiger partial charge in [-0.05, 0) is 27.4 Å². The van der Waals surface area contributed by atoms with E-state index in [1.54, 1.807) is 0 Å². The summed E-state index contributed by atoms with van der Waals surface area (Å²) in [7, 11) is 149. The Morgan fingerprint density at radius 1 is 0.188 bits per heavy atom. The number of hydrogen-bond donors (Lipinski definition) is 0. The standard InChI is InChI=1S/C37B23N3O/c38-10-4-5(15(43)24(52)23(51)14(4)42)22(50)34-6(10)2-1(11(39)29(57)32(60)33(2)64-34)3-12(40)16(44)7(17(45)13(3)41)35-61-36(8-18(46)25(53)30(58)26(54)19(8)47)63-37(62-35)9-20(48)27(55)31(59)28(56)21(9)49. The molecule has 64 heavy (non-hydrogen) atoms. The molecule has 0 aliphatic carbocycles. The van der Waals surface area contributed by atoms with E-state index in [9.17, 15) is 0 Å². The van der Waals surface area contributed by atoms with Crippen LogP contribution < -0.4 is 126 Å². The fourth-order valence-corrected chi connectivity index (χ4v) is 7.96. The van der Waals surface area contributed by atoms with Crippen molar-refractivity contribution >= 4 is 339 Å². The van der Waals surface area contributed by atoms with E-state index in [4.69, 9.17) is 185 Å². The number of nitrogens with zero attached hydrogens (tertiary/aromatic N) is 3. The van der Waals surface area contributed by atoms with E-state index >= 15 is 0 Å². The Kier molecular flexibility index (Phi) is 11.6. The molecule has 0 bridgehead atoms. The number of aromatic nitrogens is 3. The summed E-state index contributed by atoms with van der Waals surface area (Å²) in [6, 6.07) is 0. The van der Waals surface area contributed by atoms with Gasteiger partial charge < -0.3 is 4.42 Å². The molecule has 0 aliphatic heterocycles. The predicted octanol–water partition coefficient (Wildman–Crippen LogP) is -18.2. The van der Waals surface area contributed by atoms with Crippen LogP contribution in [0.1, 0.15) is 0 Å². The van der Waals surface area contributed by atoms with Crippen molar-refractivity contribution < 1.29 is 4.42 Å². The van der Waals surface area contributed by atoms with Gasteiger partial charge in [-0.3, -0.25) is 0 Å². The van der Waals surface area contributed by atoms with Crippen molar-refractivity contribution in [3.63, 3.8) is 0 Å². The number of hydrogen-bond acceptors (Lipinski definition) is 4. The Morgan fingerprint density at radius 3 is 0.812 bits per heavy atom. The molecule has 46 radical (unpaired) electrons. The molecule has 0 spiro atoms. The molecule has 2 heterocycles. The smallest absolute Gasteiger partial charge is 0.162 e. The highest BCUT2D eigenvalue weighted by Gasteiger charge is 2.28. The van der Waals surface area contributed by atoms with Crippen molar-refractivity contribution in [2.45, 2.75) is 0 Å². The third-order valence-corrected chi connectivity index (χ3v) is 11.6. The van der Waals surface area contributed by atoms with Crippen LogP contribution in [0.4, 0.5) is 0 Å². The lowest BCUT2D eigenvalue weighted by atomic mass is 9.59. The molecule has 2 aromatic heterocycles. The monoisotopic (exact) mass is 755 g/mol. The van der Waals surface area contributed by atoms with Crippen LogP contribution in [0.15, 0.2) is 4.42 Å². The van der Waals surface area contributed by atoms with E-state index in [2.05, 4.69) is 15.0 Å². The quantitative estimate of drug-likeness (QED) is 0.168. The molecule has 6 aromatic carbocycles. The first-order valence-electron chi connectivity index (χ1n) is 18.4. The van der Waals surface area contributed by atoms with Crippen LogP contribution in [0.5, 0.6) is 0 Å². The van der Waals surface area contributed by atoms with Crippen molar-refractivity contribution in [1.29, 1.82) is 0 Å². The number of fused-ring (bicyclic) bond motifs is 4. The Balaban J connectivity index is 1.51. The molecule has 0 saturated carbocycles. The largest absolute Gasteiger partial charge is 0.457 e. The topological polar surface area (TPSA) is 51.8 Å². The van der Waals surface area contributed by atoms with Gasteiger partial charge in [0.05, 0.1) is 0 Å². The van der Waals surface area contributed by atoms with Crippen LogP contribution in [0.3, 0.4) is 0 Å². The fraction of sp³-hybridized carbons (Fsp3) is 0. The summed E-state index contributed by atoms with van der Waals surface area (Å²) in [6.07, 6.45) is 0. The molecule has 0 N–H and O–H groups in total. The summed E-state index contributed by atoms with van der Waals surface area (Å²) < 4.78 is 6.30. The molecule has 0 amide bonds. The van der Waals surface area contributed by atoms with Gasteiger partial charge in [0.1, 0.15) is 192 Å². The van der Waals surface area contributed by atoms with Crippen LogP contribution in [0.25, 0.3) is 78.0 Å². The van der Waals surface area contributed by atoms with Gasteiger partial charge in [-0.15, -0.1) is 49.2 Å². The number of furan rings is 1. The van der Waals surface area contributed by atoms with Gasteiger partial charge in [0.25, 0.3) is 0 Å².